The number of phenolic OH excluding ortho intramolecular Hbond substituents is 1. The highest BCUT2D eigenvalue weighted by atomic mass is 19.4. The van der Waals surface area contributed by atoms with Gasteiger partial charge in [0.2, 0.25) is 0 Å². The van der Waals surface area contributed by atoms with E-state index in [0.717, 1.165) is 6.92 Å². The first-order chi connectivity index (χ1) is 7.89. The molecule has 0 aromatic heterocycles. The minimum absolute atomic E-state index is 0.730. The van der Waals surface area contributed by atoms with Crippen LogP contribution in [0.1, 0.15) is 37.5 Å². The van der Waals surface area contributed by atoms with Crippen molar-refractivity contribution < 1.29 is 27.1 Å². The SMILES string of the molecule is Cc1c(F)c(O)c(F)c(C(C)(C)C)c1C(F)(F)F. The lowest BCUT2D eigenvalue weighted by molar-refractivity contribution is -0.139. The van der Waals surface area contributed by atoms with Crippen molar-refractivity contribution in [2.75, 3.05) is 0 Å². The van der Waals surface area contributed by atoms with E-state index in [-0.39, 0.29) is 0 Å². The molecular weight excluding hydrogens is 255 g/mol. The maximum Gasteiger partial charge on any atom is 0.417 e. The van der Waals surface area contributed by atoms with Crippen LogP contribution in [0.25, 0.3) is 0 Å². The largest absolute Gasteiger partial charge is 0.503 e. The zero-order valence-electron chi connectivity index (χ0n) is 10.3. The van der Waals surface area contributed by atoms with Crippen LogP contribution < -0.4 is 0 Å². The van der Waals surface area contributed by atoms with Crippen molar-refractivity contribution in [3.63, 3.8) is 0 Å². The third-order valence-electron chi connectivity index (χ3n) is 2.62. The van der Waals surface area contributed by atoms with Gasteiger partial charge in [-0.05, 0) is 12.3 Å². The Balaban J connectivity index is 3.89. The van der Waals surface area contributed by atoms with Crippen LogP contribution in [0.4, 0.5) is 22.0 Å². The first kappa shape index (κ1) is 14.7. The Morgan fingerprint density at radius 2 is 1.33 bits per heavy atom. The molecule has 1 aromatic rings. The number of benzene rings is 1. The maximum absolute atomic E-state index is 13.7. The number of halogens is 5. The molecule has 1 N–H and O–H groups in total. The first-order valence-electron chi connectivity index (χ1n) is 5.17. The highest BCUT2D eigenvalue weighted by Crippen LogP contribution is 2.44. The molecule has 0 bridgehead atoms. The molecule has 0 aliphatic rings. The molecule has 0 heterocycles. The zero-order chi connectivity index (χ0) is 14.5. The topological polar surface area (TPSA) is 20.2 Å². The van der Waals surface area contributed by atoms with E-state index in [1.165, 1.54) is 20.8 Å². The number of rotatable bonds is 0. The van der Waals surface area contributed by atoms with Gasteiger partial charge in [-0.25, -0.2) is 8.78 Å². The summed E-state index contributed by atoms with van der Waals surface area (Å²) in [5.74, 6) is -4.50. The first-order valence-corrected chi connectivity index (χ1v) is 5.17. The van der Waals surface area contributed by atoms with Crippen LogP contribution in [0.5, 0.6) is 5.75 Å². The lowest BCUT2D eigenvalue weighted by atomic mass is 9.81. The van der Waals surface area contributed by atoms with Gasteiger partial charge in [-0.15, -0.1) is 0 Å². The van der Waals surface area contributed by atoms with Gasteiger partial charge in [0, 0.05) is 11.1 Å². The van der Waals surface area contributed by atoms with E-state index >= 15 is 0 Å². The fraction of sp³-hybridized carbons (Fsp3) is 0.500. The smallest absolute Gasteiger partial charge is 0.417 e. The van der Waals surface area contributed by atoms with E-state index in [1.807, 2.05) is 0 Å². The van der Waals surface area contributed by atoms with Gasteiger partial charge in [-0.2, -0.15) is 13.2 Å². The van der Waals surface area contributed by atoms with Crippen LogP contribution in [0.2, 0.25) is 0 Å². The molecule has 0 saturated heterocycles. The zero-order valence-corrected chi connectivity index (χ0v) is 10.3. The minimum Gasteiger partial charge on any atom is -0.503 e. The lowest BCUT2D eigenvalue weighted by Crippen LogP contribution is -2.24. The van der Waals surface area contributed by atoms with Crippen LogP contribution in [0.3, 0.4) is 0 Å². The van der Waals surface area contributed by atoms with E-state index in [4.69, 9.17) is 0 Å². The van der Waals surface area contributed by atoms with Gasteiger partial charge in [0.15, 0.2) is 17.4 Å². The Bertz CT molecular complexity index is 438. The second-order valence-corrected chi connectivity index (χ2v) is 5.10. The average molecular weight is 268 g/mol. The maximum atomic E-state index is 13.7. The quantitative estimate of drug-likeness (QED) is 0.696. The molecule has 1 rings (SSSR count). The third kappa shape index (κ3) is 2.28. The van der Waals surface area contributed by atoms with Crippen molar-refractivity contribution in [2.45, 2.75) is 39.3 Å². The Morgan fingerprint density at radius 3 is 1.67 bits per heavy atom. The van der Waals surface area contributed by atoms with Gasteiger partial charge in [-0.3, -0.25) is 0 Å². The van der Waals surface area contributed by atoms with Gasteiger partial charge in [0.05, 0.1) is 5.56 Å². The third-order valence-corrected chi connectivity index (χ3v) is 2.62. The summed E-state index contributed by atoms with van der Waals surface area (Å²) < 4.78 is 65.8. The molecule has 18 heavy (non-hydrogen) atoms. The predicted molar refractivity (Wildman–Crippen MR) is 56.5 cm³/mol. The summed E-state index contributed by atoms with van der Waals surface area (Å²) in [6, 6.07) is 0. The molecule has 0 aliphatic carbocycles. The number of phenols is 1. The van der Waals surface area contributed by atoms with E-state index < -0.39 is 45.7 Å². The van der Waals surface area contributed by atoms with Crippen molar-refractivity contribution in [1.29, 1.82) is 0 Å². The van der Waals surface area contributed by atoms with Crippen molar-refractivity contribution in [3.05, 3.63) is 28.3 Å². The van der Waals surface area contributed by atoms with E-state index in [0.29, 0.717) is 0 Å². The Morgan fingerprint density at radius 1 is 0.889 bits per heavy atom. The van der Waals surface area contributed by atoms with Crippen LogP contribution in [-0.2, 0) is 11.6 Å². The normalized spacial score (nSPS) is 12.9. The molecule has 0 amide bonds. The van der Waals surface area contributed by atoms with Crippen LogP contribution >= 0.6 is 0 Å². The molecule has 0 fully saturated rings. The molecule has 102 valence electrons. The van der Waals surface area contributed by atoms with Crippen molar-refractivity contribution in [1.82, 2.24) is 0 Å². The van der Waals surface area contributed by atoms with Gasteiger partial charge >= 0.3 is 6.18 Å². The summed E-state index contributed by atoms with van der Waals surface area (Å²) in [7, 11) is 0. The van der Waals surface area contributed by atoms with Crippen molar-refractivity contribution in [3.8, 4) is 5.75 Å². The fourth-order valence-corrected chi connectivity index (χ4v) is 1.86. The molecular formula is C12H13F5O. The number of hydrogen-bond donors (Lipinski definition) is 1. The molecule has 0 radical (unpaired) electrons. The molecule has 0 saturated carbocycles. The van der Waals surface area contributed by atoms with Crippen LogP contribution in [0.15, 0.2) is 0 Å². The molecule has 1 aromatic carbocycles. The second-order valence-electron chi connectivity index (χ2n) is 5.10. The molecule has 0 atom stereocenters. The number of aromatic hydroxyl groups is 1. The lowest BCUT2D eigenvalue weighted by Gasteiger charge is -2.27. The van der Waals surface area contributed by atoms with Gasteiger partial charge in [0.1, 0.15) is 0 Å². The van der Waals surface area contributed by atoms with Crippen molar-refractivity contribution >= 4 is 0 Å². The Kier molecular flexibility index (Phi) is 3.36. The molecule has 6 heteroatoms. The van der Waals surface area contributed by atoms with Crippen LogP contribution in [0, 0.1) is 18.6 Å². The monoisotopic (exact) mass is 268 g/mol. The standard InChI is InChI=1S/C12H13F5O/c1-5-6(12(15,16)17)7(11(2,3)4)9(14)10(18)8(5)13/h18H,1-4H3. The molecule has 0 unspecified atom stereocenters. The molecule has 1 nitrogen and oxygen atoms in total. The van der Waals surface area contributed by atoms with Gasteiger partial charge < -0.3 is 5.11 Å². The average Bonchev–Trinajstić information content (AvgIpc) is 2.16. The summed E-state index contributed by atoms with van der Waals surface area (Å²) in [6.45, 7) is 4.94. The fourth-order valence-electron chi connectivity index (χ4n) is 1.86. The Hall–Kier alpha value is -1.33. The highest BCUT2D eigenvalue weighted by molar-refractivity contribution is 5.48. The summed E-state index contributed by atoms with van der Waals surface area (Å²) in [5.41, 5.74) is -4.11. The van der Waals surface area contributed by atoms with E-state index in [2.05, 4.69) is 0 Å². The highest BCUT2D eigenvalue weighted by Gasteiger charge is 2.42. The second kappa shape index (κ2) is 4.10. The summed E-state index contributed by atoms with van der Waals surface area (Å²) >= 11 is 0. The molecule has 0 spiro atoms. The van der Waals surface area contributed by atoms with E-state index in [1.54, 1.807) is 0 Å². The number of alkyl halides is 3. The molecule has 0 aliphatic heterocycles. The Labute approximate surface area is 101 Å². The van der Waals surface area contributed by atoms with Crippen LogP contribution in [-0.4, -0.2) is 5.11 Å². The number of hydrogen-bond acceptors (Lipinski definition) is 1. The van der Waals surface area contributed by atoms with Gasteiger partial charge in [0.25, 0.3) is 0 Å². The summed E-state index contributed by atoms with van der Waals surface area (Å²) in [6.07, 6.45) is -4.89. The summed E-state index contributed by atoms with van der Waals surface area (Å²) in [5, 5.41) is 9.20. The van der Waals surface area contributed by atoms with Gasteiger partial charge in [-0.1, -0.05) is 20.8 Å². The minimum atomic E-state index is -4.89. The van der Waals surface area contributed by atoms with Crippen molar-refractivity contribution in [2.24, 2.45) is 0 Å². The predicted octanol–water partition coefficient (Wildman–Crippen LogP) is 4.30. The summed E-state index contributed by atoms with van der Waals surface area (Å²) in [4.78, 5) is 0. The van der Waals surface area contributed by atoms with E-state index in [9.17, 15) is 27.1 Å².